The van der Waals surface area contributed by atoms with E-state index in [-0.39, 0.29) is 11.4 Å². The topological polar surface area (TPSA) is 85.8 Å². The molecule has 0 N–H and O–H groups in total. The summed E-state index contributed by atoms with van der Waals surface area (Å²) in [5.41, 5.74) is 1.50. The Morgan fingerprint density at radius 3 is 2.45 bits per heavy atom. The number of furan rings is 1. The molecule has 0 fully saturated rings. The number of para-hydroxylation sites is 3. The molecule has 0 radical (unpaired) electrons. The number of benzene rings is 3. The number of hydrogen-bond acceptors (Lipinski definition) is 5. The van der Waals surface area contributed by atoms with Gasteiger partial charge in [-0.2, -0.15) is 0 Å². The lowest BCUT2D eigenvalue weighted by atomic mass is 9.91. The molecular formula is C22H16N2O5. The molecule has 3 aromatic carbocycles. The average Bonchev–Trinajstić information content (AvgIpc) is 3.05. The van der Waals surface area contributed by atoms with Gasteiger partial charge in [0, 0.05) is 16.8 Å². The molecule has 1 aliphatic rings. The van der Waals surface area contributed by atoms with Crippen LogP contribution in [0.3, 0.4) is 0 Å². The van der Waals surface area contributed by atoms with E-state index in [0.29, 0.717) is 16.8 Å². The third kappa shape index (κ3) is 2.40. The second-order valence-electron chi connectivity index (χ2n) is 7.39. The lowest BCUT2D eigenvalue weighted by molar-refractivity contribution is -0.384. The fourth-order valence-corrected chi connectivity index (χ4v) is 4.00. The quantitative estimate of drug-likeness (QED) is 0.310. The minimum Gasteiger partial charge on any atom is -0.456 e. The molecule has 7 heteroatoms. The van der Waals surface area contributed by atoms with E-state index in [4.69, 9.17) is 9.15 Å². The molecule has 2 heterocycles. The van der Waals surface area contributed by atoms with Crippen LogP contribution in [-0.4, -0.2) is 11.0 Å². The number of anilines is 2. The summed E-state index contributed by atoms with van der Waals surface area (Å²) in [6, 6.07) is 17.4. The summed E-state index contributed by atoms with van der Waals surface area (Å²) >= 11 is 0. The van der Waals surface area contributed by atoms with Crippen molar-refractivity contribution in [3.63, 3.8) is 0 Å². The molecule has 1 amide bonds. The Labute approximate surface area is 165 Å². The van der Waals surface area contributed by atoms with Crippen LogP contribution in [0.5, 0.6) is 0 Å². The van der Waals surface area contributed by atoms with Gasteiger partial charge in [-0.15, -0.1) is 0 Å². The van der Waals surface area contributed by atoms with E-state index in [1.165, 1.54) is 17.0 Å². The van der Waals surface area contributed by atoms with Crippen molar-refractivity contribution in [1.82, 2.24) is 0 Å². The molecule has 0 saturated carbocycles. The number of nitrogens with zero attached hydrogens (tertiary/aromatic N) is 2. The van der Waals surface area contributed by atoms with Gasteiger partial charge < -0.3 is 9.15 Å². The van der Waals surface area contributed by atoms with Gasteiger partial charge >= 0.3 is 6.09 Å². The molecule has 144 valence electrons. The maximum absolute atomic E-state index is 12.9. The average molecular weight is 388 g/mol. The van der Waals surface area contributed by atoms with E-state index in [1.54, 1.807) is 32.0 Å². The molecule has 0 bridgehead atoms. The van der Waals surface area contributed by atoms with Crippen molar-refractivity contribution in [2.75, 3.05) is 4.90 Å². The molecule has 1 aromatic heterocycles. The Bertz CT molecular complexity index is 1320. The zero-order valence-electron chi connectivity index (χ0n) is 15.7. The van der Waals surface area contributed by atoms with Crippen LogP contribution in [0.25, 0.3) is 21.9 Å². The molecule has 0 unspecified atom stereocenters. The second-order valence-corrected chi connectivity index (χ2v) is 7.39. The van der Waals surface area contributed by atoms with Gasteiger partial charge in [-0.3, -0.25) is 10.1 Å². The van der Waals surface area contributed by atoms with E-state index in [9.17, 15) is 14.9 Å². The highest BCUT2D eigenvalue weighted by molar-refractivity contribution is 6.10. The fourth-order valence-electron chi connectivity index (χ4n) is 4.00. The van der Waals surface area contributed by atoms with Crippen LogP contribution in [-0.2, 0) is 10.3 Å². The first kappa shape index (κ1) is 17.2. The van der Waals surface area contributed by atoms with Gasteiger partial charge in [-0.25, -0.2) is 9.69 Å². The number of nitro groups is 1. The largest absolute Gasteiger partial charge is 0.456 e. The second kappa shape index (κ2) is 5.81. The number of hydrogen-bond donors (Lipinski definition) is 0. The van der Waals surface area contributed by atoms with Crippen LogP contribution < -0.4 is 4.90 Å². The van der Waals surface area contributed by atoms with Crippen molar-refractivity contribution in [2.24, 2.45) is 0 Å². The Balaban J connectivity index is 1.86. The third-order valence-corrected chi connectivity index (χ3v) is 5.21. The number of fused-ring (bicyclic) bond motifs is 5. The number of amides is 1. The Kier molecular flexibility index (Phi) is 3.46. The summed E-state index contributed by atoms with van der Waals surface area (Å²) < 4.78 is 11.8. The van der Waals surface area contributed by atoms with Gasteiger partial charge in [0.25, 0.3) is 5.69 Å². The van der Waals surface area contributed by atoms with Crippen LogP contribution in [0.4, 0.5) is 21.9 Å². The van der Waals surface area contributed by atoms with Crippen LogP contribution >= 0.6 is 0 Å². The zero-order chi connectivity index (χ0) is 20.3. The molecule has 4 aromatic rings. The van der Waals surface area contributed by atoms with Crippen molar-refractivity contribution < 1.29 is 18.9 Å². The Morgan fingerprint density at radius 1 is 0.931 bits per heavy atom. The van der Waals surface area contributed by atoms with Crippen LogP contribution in [0.2, 0.25) is 0 Å². The van der Waals surface area contributed by atoms with Gasteiger partial charge in [0.1, 0.15) is 22.5 Å². The summed E-state index contributed by atoms with van der Waals surface area (Å²) in [5, 5.41) is 13.4. The van der Waals surface area contributed by atoms with Gasteiger partial charge in [0.15, 0.2) is 0 Å². The van der Waals surface area contributed by atoms with Crippen molar-refractivity contribution in [3.8, 4) is 0 Å². The predicted molar refractivity (Wildman–Crippen MR) is 108 cm³/mol. The standard InChI is InChI=1S/C22H16N2O5/c1-22(2)19-17(12-11-14-13-7-3-6-10-18(13)28-20(14)19)23(21(25)29-22)15-8-4-5-9-16(15)24(26)27/h3-12H,1-2H3. The number of ether oxygens (including phenoxy) is 1. The SMILES string of the molecule is CC1(C)OC(=O)N(c2ccccc2[N+](=O)[O-])c2ccc3c(oc4ccccc43)c21. The number of rotatable bonds is 2. The summed E-state index contributed by atoms with van der Waals surface area (Å²) in [5.74, 6) is 0. The van der Waals surface area contributed by atoms with E-state index in [1.807, 2.05) is 30.3 Å². The number of carbonyl (C=O) groups is 1. The normalized spacial score (nSPS) is 15.4. The summed E-state index contributed by atoms with van der Waals surface area (Å²) in [7, 11) is 0. The highest BCUT2D eigenvalue weighted by atomic mass is 16.6. The molecule has 0 aliphatic carbocycles. The smallest absolute Gasteiger partial charge is 0.420 e. The van der Waals surface area contributed by atoms with Crippen molar-refractivity contribution in [2.45, 2.75) is 19.4 Å². The lowest BCUT2D eigenvalue weighted by Crippen LogP contribution is -2.41. The number of cyclic esters (lactones) is 1. The van der Waals surface area contributed by atoms with Crippen molar-refractivity contribution in [3.05, 3.63) is 76.3 Å². The van der Waals surface area contributed by atoms with Gasteiger partial charge in [0.2, 0.25) is 0 Å². The molecule has 29 heavy (non-hydrogen) atoms. The van der Waals surface area contributed by atoms with Crippen LogP contribution in [0, 0.1) is 10.1 Å². The Hall–Kier alpha value is -3.87. The van der Waals surface area contributed by atoms with Gasteiger partial charge in [-0.05, 0) is 38.1 Å². The van der Waals surface area contributed by atoms with E-state index < -0.39 is 16.6 Å². The first-order valence-electron chi connectivity index (χ1n) is 9.10. The van der Waals surface area contributed by atoms with Crippen molar-refractivity contribution in [1.29, 1.82) is 0 Å². The summed E-state index contributed by atoms with van der Waals surface area (Å²) in [4.78, 5) is 25.2. The fraction of sp³-hybridized carbons (Fsp3) is 0.136. The highest BCUT2D eigenvalue weighted by Crippen LogP contribution is 2.48. The predicted octanol–water partition coefficient (Wildman–Crippen LogP) is 6.02. The zero-order valence-corrected chi connectivity index (χ0v) is 15.7. The monoisotopic (exact) mass is 388 g/mol. The first-order chi connectivity index (χ1) is 13.9. The summed E-state index contributed by atoms with van der Waals surface area (Å²) in [6.45, 7) is 3.57. The molecule has 0 saturated heterocycles. The Morgan fingerprint density at radius 2 is 1.66 bits per heavy atom. The van der Waals surface area contributed by atoms with E-state index >= 15 is 0 Å². The molecule has 1 aliphatic heterocycles. The molecule has 0 atom stereocenters. The van der Waals surface area contributed by atoms with Gasteiger partial charge in [-0.1, -0.05) is 30.3 Å². The number of carbonyl (C=O) groups excluding carboxylic acids is 1. The maximum Gasteiger partial charge on any atom is 0.420 e. The van der Waals surface area contributed by atoms with E-state index in [0.717, 1.165) is 16.4 Å². The first-order valence-corrected chi connectivity index (χ1v) is 9.10. The van der Waals surface area contributed by atoms with Crippen LogP contribution in [0.15, 0.2) is 65.1 Å². The molecule has 5 rings (SSSR count). The van der Waals surface area contributed by atoms with E-state index in [2.05, 4.69) is 0 Å². The minimum absolute atomic E-state index is 0.148. The third-order valence-electron chi connectivity index (χ3n) is 5.21. The highest BCUT2D eigenvalue weighted by Gasteiger charge is 2.43. The molecular weight excluding hydrogens is 372 g/mol. The summed E-state index contributed by atoms with van der Waals surface area (Å²) in [6.07, 6.45) is -0.674. The van der Waals surface area contributed by atoms with Crippen molar-refractivity contribution >= 4 is 45.1 Å². The molecule has 7 nitrogen and oxygen atoms in total. The lowest BCUT2D eigenvalue weighted by Gasteiger charge is -2.38. The molecule has 0 spiro atoms. The maximum atomic E-state index is 12.9. The van der Waals surface area contributed by atoms with Gasteiger partial charge in [0.05, 0.1) is 16.2 Å². The van der Waals surface area contributed by atoms with Crippen LogP contribution in [0.1, 0.15) is 19.4 Å². The minimum atomic E-state index is -0.972. The number of nitro benzene ring substituents is 1.